The lowest BCUT2D eigenvalue weighted by molar-refractivity contribution is -0.125. The summed E-state index contributed by atoms with van der Waals surface area (Å²) in [5.74, 6) is -0.115. The molecule has 0 N–H and O–H groups in total. The molecule has 2 aliphatic rings. The fourth-order valence-electron chi connectivity index (χ4n) is 3.88. The van der Waals surface area contributed by atoms with Crippen LogP contribution in [-0.4, -0.2) is 43.0 Å². The van der Waals surface area contributed by atoms with Crippen LogP contribution in [0, 0.1) is 6.92 Å². The van der Waals surface area contributed by atoms with Gasteiger partial charge in [0.25, 0.3) is 0 Å². The average Bonchev–Trinajstić information content (AvgIpc) is 2.47. The average molecular weight is 321 g/mol. The van der Waals surface area contributed by atoms with E-state index in [1.54, 1.807) is 24.3 Å². The highest BCUT2D eigenvalue weighted by Gasteiger charge is 2.47. The van der Waals surface area contributed by atoms with E-state index < -0.39 is 15.1 Å². The van der Waals surface area contributed by atoms with Gasteiger partial charge >= 0.3 is 0 Å². The monoisotopic (exact) mass is 321 g/mol. The Labute approximate surface area is 132 Å². The third kappa shape index (κ3) is 2.61. The molecule has 22 heavy (non-hydrogen) atoms. The first kappa shape index (κ1) is 15.7. The molecule has 4 nitrogen and oxygen atoms in total. The van der Waals surface area contributed by atoms with E-state index in [2.05, 4.69) is 4.90 Å². The van der Waals surface area contributed by atoms with Gasteiger partial charge in [0.05, 0.1) is 4.90 Å². The van der Waals surface area contributed by atoms with Crippen molar-refractivity contribution in [3.8, 4) is 0 Å². The number of nitrogens with zero attached hydrogens (tertiary/aromatic N) is 1. The molecule has 0 amide bonds. The summed E-state index contributed by atoms with van der Waals surface area (Å²) in [6.45, 7) is 4.72. The maximum Gasteiger partial charge on any atom is 0.189 e. The molecule has 120 valence electrons. The summed E-state index contributed by atoms with van der Waals surface area (Å²) in [4.78, 5) is 15.0. The molecular formula is C17H23NO3S. The van der Waals surface area contributed by atoms with Crippen molar-refractivity contribution in [3.05, 3.63) is 29.8 Å². The van der Waals surface area contributed by atoms with Crippen molar-refractivity contribution in [2.45, 2.75) is 61.8 Å². The van der Waals surface area contributed by atoms with Gasteiger partial charge in [-0.3, -0.25) is 9.69 Å². The van der Waals surface area contributed by atoms with Crippen LogP contribution in [0.4, 0.5) is 0 Å². The fraction of sp³-hybridized carbons (Fsp3) is 0.588. The lowest BCUT2D eigenvalue weighted by Gasteiger charge is -2.46. The van der Waals surface area contributed by atoms with Gasteiger partial charge in [-0.15, -0.1) is 0 Å². The summed E-state index contributed by atoms with van der Waals surface area (Å²) in [5, 5.41) is -0.926. The number of aryl methyl sites for hydroxylation is 1. The van der Waals surface area contributed by atoms with E-state index in [0.29, 0.717) is 6.42 Å². The molecule has 2 aliphatic heterocycles. The van der Waals surface area contributed by atoms with Crippen LogP contribution in [0.25, 0.3) is 0 Å². The van der Waals surface area contributed by atoms with E-state index in [9.17, 15) is 13.2 Å². The molecule has 0 spiro atoms. The van der Waals surface area contributed by atoms with Crippen molar-refractivity contribution in [2.24, 2.45) is 0 Å². The van der Waals surface area contributed by atoms with E-state index in [4.69, 9.17) is 0 Å². The Kier molecular flexibility index (Phi) is 4.12. The second kappa shape index (κ2) is 5.78. The Morgan fingerprint density at radius 3 is 2.50 bits per heavy atom. The molecule has 3 atom stereocenters. The third-order valence-corrected chi connectivity index (χ3v) is 7.33. The van der Waals surface area contributed by atoms with E-state index in [0.717, 1.165) is 31.4 Å². The highest BCUT2D eigenvalue weighted by molar-refractivity contribution is 7.92. The number of benzene rings is 1. The Hall–Kier alpha value is -1.20. The van der Waals surface area contributed by atoms with Gasteiger partial charge in [0.15, 0.2) is 15.6 Å². The van der Waals surface area contributed by atoms with Gasteiger partial charge in [0.1, 0.15) is 5.25 Å². The van der Waals surface area contributed by atoms with Gasteiger partial charge in [0, 0.05) is 18.5 Å². The summed E-state index contributed by atoms with van der Waals surface area (Å²) in [7, 11) is -3.62. The molecule has 0 saturated carbocycles. The Balaban J connectivity index is 1.95. The van der Waals surface area contributed by atoms with Gasteiger partial charge in [-0.25, -0.2) is 8.42 Å². The Morgan fingerprint density at radius 1 is 1.14 bits per heavy atom. The molecule has 1 aromatic carbocycles. The van der Waals surface area contributed by atoms with Crippen molar-refractivity contribution in [3.63, 3.8) is 0 Å². The van der Waals surface area contributed by atoms with Crippen LogP contribution in [-0.2, 0) is 14.6 Å². The smallest absolute Gasteiger partial charge is 0.189 e. The number of carbonyl (C=O) groups excluding carboxylic acids is 1. The van der Waals surface area contributed by atoms with Gasteiger partial charge in [-0.2, -0.15) is 0 Å². The van der Waals surface area contributed by atoms with Crippen LogP contribution < -0.4 is 0 Å². The van der Waals surface area contributed by atoms with E-state index in [1.807, 2.05) is 13.8 Å². The molecule has 1 aromatic rings. The molecular weight excluding hydrogens is 298 g/mol. The standard InChI is InChI=1S/C17H23NO3S/c1-12-6-8-15(9-7-12)22(20,21)17-13(2)18-10-4-3-5-14(18)11-16(17)19/h6-9,13-14,17H,3-5,10-11H2,1-2H3/t13-,14-,17?/m1/s1. The largest absolute Gasteiger partial charge is 0.298 e. The number of hydrogen-bond acceptors (Lipinski definition) is 4. The van der Waals surface area contributed by atoms with Crippen molar-refractivity contribution in [2.75, 3.05) is 6.54 Å². The highest BCUT2D eigenvalue weighted by atomic mass is 32.2. The van der Waals surface area contributed by atoms with Gasteiger partial charge < -0.3 is 0 Å². The van der Waals surface area contributed by atoms with Gasteiger partial charge in [-0.1, -0.05) is 24.1 Å². The summed E-state index contributed by atoms with van der Waals surface area (Å²) in [6, 6.07) is 6.81. The quantitative estimate of drug-likeness (QED) is 0.839. The normalized spacial score (nSPS) is 30.1. The number of hydrogen-bond donors (Lipinski definition) is 0. The first-order valence-electron chi connectivity index (χ1n) is 8.00. The summed E-state index contributed by atoms with van der Waals surface area (Å²) < 4.78 is 25.9. The van der Waals surface area contributed by atoms with Crippen molar-refractivity contribution in [1.82, 2.24) is 4.90 Å². The van der Waals surface area contributed by atoms with Crippen LogP contribution in [0.2, 0.25) is 0 Å². The van der Waals surface area contributed by atoms with Crippen LogP contribution in [0.3, 0.4) is 0 Å². The maximum absolute atomic E-state index is 12.9. The van der Waals surface area contributed by atoms with E-state index in [-0.39, 0.29) is 22.8 Å². The lowest BCUT2D eigenvalue weighted by atomic mass is 9.88. The zero-order valence-corrected chi connectivity index (χ0v) is 14.0. The lowest BCUT2D eigenvalue weighted by Crippen LogP contribution is -2.59. The molecule has 0 radical (unpaired) electrons. The predicted molar refractivity (Wildman–Crippen MR) is 85.6 cm³/mol. The van der Waals surface area contributed by atoms with Crippen LogP contribution in [0.1, 0.15) is 38.2 Å². The Bertz CT molecular complexity index is 666. The van der Waals surface area contributed by atoms with Crippen molar-refractivity contribution in [1.29, 1.82) is 0 Å². The zero-order valence-electron chi connectivity index (χ0n) is 13.2. The van der Waals surface area contributed by atoms with Gasteiger partial charge in [0.2, 0.25) is 0 Å². The molecule has 2 heterocycles. The molecule has 3 rings (SSSR count). The summed E-state index contributed by atoms with van der Waals surface area (Å²) in [6.07, 6.45) is 3.61. The topological polar surface area (TPSA) is 54.5 Å². The molecule has 0 aliphatic carbocycles. The van der Waals surface area contributed by atoms with E-state index in [1.165, 1.54) is 0 Å². The maximum atomic E-state index is 12.9. The minimum atomic E-state index is -3.62. The first-order valence-corrected chi connectivity index (χ1v) is 9.55. The first-order chi connectivity index (χ1) is 10.4. The van der Waals surface area contributed by atoms with Crippen LogP contribution in [0.5, 0.6) is 0 Å². The second-order valence-electron chi connectivity index (χ2n) is 6.58. The molecule has 0 bridgehead atoms. The second-order valence-corrected chi connectivity index (χ2v) is 8.65. The number of sulfone groups is 1. The third-order valence-electron chi connectivity index (χ3n) is 5.07. The number of fused-ring (bicyclic) bond motifs is 1. The number of ketones is 1. The number of carbonyl (C=O) groups is 1. The van der Waals surface area contributed by atoms with Gasteiger partial charge in [-0.05, 0) is 45.4 Å². The predicted octanol–water partition coefficient (Wildman–Crippen LogP) is 2.35. The minimum Gasteiger partial charge on any atom is -0.298 e. The number of rotatable bonds is 2. The SMILES string of the molecule is Cc1ccc(S(=O)(=O)C2C(=O)C[C@H]3CCCCN3[C@@H]2C)cc1. The zero-order chi connectivity index (χ0) is 15.9. The number of piperidine rings is 2. The molecule has 2 fully saturated rings. The molecule has 5 heteroatoms. The van der Waals surface area contributed by atoms with Crippen LogP contribution in [0.15, 0.2) is 29.2 Å². The van der Waals surface area contributed by atoms with Crippen molar-refractivity contribution < 1.29 is 13.2 Å². The van der Waals surface area contributed by atoms with Crippen LogP contribution >= 0.6 is 0 Å². The highest BCUT2D eigenvalue weighted by Crippen LogP contribution is 2.33. The Morgan fingerprint density at radius 2 is 1.82 bits per heavy atom. The molecule has 0 aromatic heterocycles. The minimum absolute atomic E-state index is 0.115. The fourth-order valence-corrected chi connectivity index (χ4v) is 5.80. The summed E-state index contributed by atoms with van der Waals surface area (Å²) in [5.41, 5.74) is 1.01. The number of Topliss-reactive ketones (excluding diaryl/α,β-unsaturated/α-hetero) is 1. The molecule has 2 saturated heterocycles. The summed E-state index contributed by atoms with van der Waals surface area (Å²) >= 11 is 0. The van der Waals surface area contributed by atoms with Crippen molar-refractivity contribution >= 4 is 15.6 Å². The molecule has 1 unspecified atom stereocenters. The van der Waals surface area contributed by atoms with E-state index >= 15 is 0 Å².